The van der Waals surface area contributed by atoms with Crippen LogP contribution in [0.2, 0.25) is 0 Å². The van der Waals surface area contributed by atoms with Crippen LogP contribution in [0.15, 0.2) is 24.3 Å². The van der Waals surface area contributed by atoms with Crippen LogP contribution in [-0.2, 0) is 6.42 Å². The largest absolute Gasteiger partial charge is 0.306 e. The maximum atomic E-state index is 13.5. The van der Waals surface area contributed by atoms with Crippen LogP contribution in [0.1, 0.15) is 48.0 Å². The second-order valence-electron chi connectivity index (χ2n) is 5.24. The minimum absolute atomic E-state index is 0.0125. The second kappa shape index (κ2) is 6.76. The first-order valence-electron chi connectivity index (χ1n) is 7.39. The Balaban J connectivity index is 2.52. The maximum Gasteiger partial charge on any atom is 0.126 e. The van der Waals surface area contributed by atoms with Crippen LogP contribution in [0.5, 0.6) is 0 Å². The highest BCUT2D eigenvalue weighted by Gasteiger charge is 2.18. The molecule has 21 heavy (non-hydrogen) atoms. The highest BCUT2D eigenvalue weighted by molar-refractivity contribution is 5.37. The van der Waals surface area contributed by atoms with E-state index in [2.05, 4.69) is 35.4 Å². The lowest BCUT2D eigenvalue weighted by molar-refractivity contribution is 0.601. The van der Waals surface area contributed by atoms with Gasteiger partial charge < -0.3 is 5.32 Å². The summed E-state index contributed by atoms with van der Waals surface area (Å²) in [5, 5.41) is 11.9. The average Bonchev–Trinajstić information content (AvgIpc) is 2.48. The fourth-order valence-electron chi connectivity index (χ4n) is 2.52. The lowest BCUT2D eigenvalue weighted by atomic mass is 9.95. The van der Waals surface area contributed by atoms with E-state index in [0.29, 0.717) is 5.56 Å². The molecule has 0 saturated carbocycles. The summed E-state index contributed by atoms with van der Waals surface area (Å²) in [5.41, 5.74) is 4.71. The Labute approximate surface area is 125 Å². The smallest absolute Gasteiger partial charge is 0.126 e. The molecule has 2 rings (SSSR count). The van der Waals surface area contributed by atoms with E-state index in [1.807, 2.05) is 19.1 Å². The van der Waals surface area contributed by atoms with Crippen LogP contribution in [0.4, 0.5) is 4.39 Å². The van der Waals surface area contributed by atoms with Crippen molar-refractivity contribution in [3.05, 3.63) is 58.2 Å². The predicted octanol–water partition coefficient (Wildman–Crippen LogP) is 3.49. The Morgan fingerprint density at radius 3 is 2.52 bits per heavy atom. The molecule has 0 amide bonds. The van der Waals surface area contributed by atoms with Gasteiger partial charge in [-0.1, -0.05) is 26.0 Å². The van der Waals surface area contributed by atoms with Gasteiger partial charge in [0.2, 0.25) is 0 Å². The fourth-order valence-corrected chi connectivity index (χ4v) is 2.52. The van der Waals surface area contributed by atoms with Crippen LogP contribution in [0.3, 0.4) is 0 Å². The number of benzene rings is 1. The van der Waals surface area contributed by atoms with Crippen molar-refractivity contribution in [1.82, 2.24) is 15.5 Å². The summed E-state index contributed by atoms with van der Waals surface area (Å²) in [7, 11) is 0. The lowest BCUT2D eigenvalue weighted by Crippen LogP contribution is -2.24. The summed E-state index contributed by atoms with van der Waals surface area (Å²) in [5.74, 6) is -0.172. The predicted molar refractivity (Wildman–Crippen MR) is 82.8 cm³/mol. The van der Waals surface area contributed by atoms with Gasteiger partial charge >= 0.3 is 0 Å². The van der Waals surface area contributed by atoms with Gasteiger partial charge in [-0.3, -0.25) is 0 Å². The Morgan fingerprint density at radius 1 is 1.14 bits per heavy atom. The first-order valence-corrected chi connectivity index (χ1v) is 7.39. The first kappa shape index (κ1) is 15.6. The molecule has 0 aliphatic rings. The number of hydrogen-bond donors (Lipinski definition) is 1. The molecule has 112 valence electrons. The van der Waals surface area contributed by atoms with Crippen molar-refractivity contribution in [1.29, 1.82) is 0 Å². The van der Waals surface area contributed by atoms with Gasteiger partial charge in [-0.2, -0.15) is 10.2 Å². The molecule has 0 radical (unpaired) electrons. The topological polar surface area (TPSA) is 37.8 Å². The van der Waals surface area contributed by atoms with E-state index in [1.54, 1.807) is 6.92 Å². The van der Waals surface area contributed by atoms with Gasteiger partial charge in [0.05, 0.1) is 17.4 Å². The number of nitrogens with zero attached hydrogens (tertiary/aromatic N) is 2. The molecule has 1 aromatic carbocycles. The van der Waals surface area contributed by atoms with Gasteiger partial charge in [0.1, 0.15) is 5.82 Å². The van der Waals surface area contributed by atoms with E-state index < -0.39 is 0 Å². The summed E-state index contributed by atoms with van der Waals surface area (Å²) in [4.78, 5) is 0. The molecule has 0 saturated heterocycles. The van der Waals surface area contributed by atoms with E-state index >= 15 is 0 Å². The number of aryl methyl sites for hydroxylation is 3. The van der Waals surface area contributed by atoms with Crippen LogP contribution in [0.25, 0.3) is 0 Å². The van der Waals surface area contributed by atoms with Crippen molar-refractivity contribution in [3.63, 3.8) is 0 Å². The fraction of sp³-hybridized carbons (Fsp3) is 0.412. The minimum atomic E-state index is -0.172. The average molecular weight is 287 g/mol. The molecule has 1 atom stereocenters. The van der Waals surface area contributed by atoms with E-state index in [4.69, 9.17) is 0 Å². The van der Waals surface area contributed by atoms with Crippen LogP contribution in [-0.4, -0.2) is 16.7 Å². The standard InChI is InChI=1S/C17H22FN3/c1-5-16-14(10-12(4)20-21-16)17(19-6-2)13-7-8-15(18)11(3)9-13/h7-10,17,19H,5-6H2,1-4H3. The van der Waals surface area contributed by atoms with Crippen molar-refractivity contribution in [2.24, 2.45) is 0 Å². The van der Waals surface area contributed by atoms with E-state index in [0.717, 1.165) is 35.5 Å². The zero-order valence-corrected chi connectivity index (χ0v) is 13.1. The van der Waals surface area contributed by atoms with E-state index in [9.17, 15) is 4.39 Å². The number of aromatic nitrogens is 2. The van der Waals surface area contributed by atoms with Crippen molar-refractivity contribution in [2.45, 2.75) is 40.2 Å². The highest BCUT2D eigenvalue weighted by atomic mass is 19.1. The summed E-state index contributed by atoms with van der Waals surface area (Å²) in [6.07, 6.45) is 0.824. The normalized spacial score (nSPS) is 12.4. The van der Waals surface area contributed by atoms with Gasteiger partial charge in [0.25, 0.3) is 0 Å². The number of rotatable bonds is 5. The zero-order valence-electron chi connectivity index (χ0n) is 13.1. The Morgan fingerprint density at radius 2 is 1.90 bits per heavy atom. The van der Waals surface area contributed by atoms with Gasteiger partial charge in [-0.15, -0.1) is 0 Å². The molecule has 4 heteroatoms. The quantitative estimate of drug-likeness (QED) is 0.914. The van der Waals surface area contributed by atoms with E-state index in [1.165, 1.54) is 6.07 Å². The molecule has 1 N–H and O–H groups in total. The Kier molecular flexibility index (Phi) is 5.02. The van der Waals surface area contributed by atoms with Crippen molar-refractivity contribution in [3.8, 4) is 0 Å². The minimum Gasteiger partial charge on any atom is -0.306 e. The molecular formula is C17H22FN3. The summed E-state index contributed by atoms with van der Waals surface area (Å²) >= 11 is 0. The molecule has 0 aliphatic heterocycles. The van der Waals surface area contributed by atoms with Crippen LogP contribution in [0, 0.1) is 19.7 Å². The van der Waals surface area contributed by atoms with Crippen LogP contribution >= 0.6 is 0 Å². The van der Waals surface area contributed by atoms with Crippen LogP contribution < -0.4 is 5.32 Å². The molecule has 3 nitrogen and oxygen atoms in total. The SMILES string of the molecule is CCNC(c1ccc(F)c(C)c1)c1cc(C)nnc1CC. The number of nitrogens with one attached hydrogen (secondary N) is 1. The maximum absolute atomic E-state index is 13.5. The Bertz CT molecular complexity index is 625. The molecule has 2 aromatic rings. The Hall–Kier alpha value is -1.81. The summed E-state index contributed by atoms with van der Waals surface area (Å²) < 4.78 is 13.5. The molecule has 0 fully saturated rings. The van der Waals surface area contributed by atoms with E-state index in [-0.39, 0.29) is 11.9 Å². The summed E-state index contributed by atoms with van der Waals surface area (Å²) in [6, 6.07) is 7.35. The number of halogens is 1. The molecule has 0 bridgehead atoms. The summed E-state index contributed by atoms with van der Waals surface area (Å²) in [6.45, 7) is 8.69. The number of hydrogen-bond acceptors (Lipinski definition) is 3. The molecule has 1 heterocycles. The second-order valence-corrected chi connectivity index (χ2v) is 5.24. The molecule has 0 spiro atoms. The van der Waals surface area contributed by atoms with Crippen molar-refractivity contribution >= 4 is 0 Å². The third-order valence-electron chi connectivity index (χ3n) is 3.60. The molecule has 1 unspecified atom stereocenters. The lowest BCUT2D eigenvalue weighted by Gasteiger charge is -2.21. The third-order valence-corrected chi connectivity index (χ3v) is 3.60. The van der Waals surface area contributed by atoms with Gasteiger partial charge in [-0.25, -0.2) is 4.39 Å². The molecule has 0 aliphatic carbocycles. The molecule has 1 aromatic heterocycles. The van der Waals surface area contributed by atoms with Gasteiger partial charge in [-0.05, 0) is 55.6 Å². The molecular weight excluding hydrogens is 265 g/mol. The van der Waals surface area contributed by atoms with Gasteiger partial charge in [0.15, 0.2) is 0 Å². The monoisotopic (exact) mass is 287 g/mol. The van der Waals surface area contributed by atoms with Crippen molar-refractivity contribution in [2.75, 3.05) is 6.54 Å². The zero-order chi connectivity index (χ0) is 15.4. The van der Waals surface area contributed by atoms with Crippen molar-refractivity contribution < 1.29 is 4.39 Å². The highest BCUT2D eigenvalue weighted by Crippen LogP contribution is 2.26. The van der Waals surface area contributed by atoms with Gasteiger partial charge in [0, 0.05) is 0 Å². The first-order chi connectivity index (χ1) is 10.1. The third kappa shape index (κ3) is 3.45.